The molecule has 3 nitrogen and oxygen atoms in total. The van der Waals surface area contributed by atoms with Crippen molar-refractivity contribution in [3.05, 3.63) is 0 Å². The number of rotatable bonds is 8. The fourth-order valence-corrected chi connectivity index (χ4v) is 2.44. The number of hydrogen-bond donors (Lipinski definition) is 1. The average molecular weight is 240 g/mol. The third-order valence-corrected chi connectivity index (χ3v) is 3.88. The summed E-state index contributed by atoms with van der Waals surface area (Å²) in [5.74, 6) is 0. The van der Waals surface area contributed by atoms with E-state index in [1.807, 2.05) is 0 Å². The molecule has 1 aliphatic carbocycles. The minimum absolute atomic E-state index is 0.417. The summed E-state index contributed by atoms with van der Waals surface area (Å²) in [6.07, 6.45) is 8.44. The van der Waals surface area contributed by atoms with Crippen LogP contribution in [-0.2, 0) is 4.74 Å². The Morgan fingerprint density at radius 1 is 1.24 bits per heavy atom. The van der Waals surface area contributed by atoms with Gasteiger partial charge in [0.2, 0.25) is 0 Å². The van der Waals surface area contributed by atoms with Gasteiger partial charge in [0.15, 0.2) is 0 Å². The van der Waals surface area contributed by atoms with E-state index >= 15 is 0 Å². The monoisotopic (exact) mass is 240 g/mol. The fourth-order valence-electron chi connectivity index (χ4n) is 2.44. The van der Waals surface area contributed by atoms with Crippen molar-refractivity contribution in [2.45, 2.75) is 57.6 Å². The highest BCUT2D eigenvalue weighted by Crippen LogP contribution is 2.18. The van der Waals surface area contributed by atoms with E-state index in [9.17, 15) is 0 Å². The van der Waals surface area contributed by atoms with Gasteiger partial charge in [0.1, 0.15) is 0 Å². The maximum atomic E-state index is 5.97. The van der Waals surface area contributed by atoms with Gasteiger partial charge >= 0.3 is 0 Å². The number of hydrogen-bond acceptors (Lipinski definition) is 3. The summed E-state index contributed by atoms with van der Waals surface area (Å²) in [4.78, 5) is 2.55. The van der Waals surface area contributed by atoms with Gasteiger partial charge in [0.05, 0.1) is 12.7 Å². The molecule has 1 unspecified atom stereocenters. The van der Waals surface area contributed by atoms with E-state index in [2.05, 4.69) is 17.1 Å². The molecule has 0 bridgehead atoms. The number of ether oxygens (including phenoxy) is 1. The highest BCUT2D eigenvalue weighted by molar-refractivity contribution is 4.81. The van der Waals surface area contributed by atoms with E-state index in [1.54, 1.807) is 0 Å². The van der Waals surface area contributed by atoms with Crippen LogP contribution in [0.3, 0.4) is 0 Å². The van der Waals surface area contributed by atoms with Gasteiger partial charge < -0.3 is 15.0 Å². The molecule has 0 aromatic rings. The van der Waals surface area contributed by atoms with E-state index in [1.165, 1.54) is 45.2 Å². The summed E-state index contributed by atoms with van der Waals surface area (Å²) in [6.45, 7) is 7.85. The van der Waals surface area contributed by atoms with Gasteiger partial charge in [0.25, 0.3) is 0 Å². The molecule has 100 valence electrons. The first-order chi connectivity index (χ1) is 8.38. The van der Waals surface area contributed by atoms with E-state index in [0.717, 1.165) is 32.2 Å². The molecule has 0 radical (unpaired) electrons. The SMILES string of the molecule is CCC(CNC1CC1)OCCN1CCCCC1. The van der Waals surface area contributed by atoms with Crippen molar-refractivity contribution in [2.24, 2.45) is 0 Å². The Morgan fingerprint density at radius 3 is 2.65 bits per heavy atom. The molecular formula is C14H28N2O. The van der Waals surface area contributed by atoms with Crippen molar-refractivity contribution < 1.29 is 4.74 Å². The summed E-state index contributed by atoms with van der Waals surface area (Å²) in [5.41, 5.74) is 0. The zero-order chi connectivity index (χ0) is 11.9. The molecule has 1 heterocycles. The first-order valence-electron chi connectivity index (χ1n) is 7.46. The molecule has 0 amide bonds. The number of likely N-dealkylation sites (tertiary alicyclic amines) is 1. The molecule has 2 fully saturated rings. The molecule has 1 atom stereocenters. The van der Waals surface area contributed by atoms with Gasteiger partial charge in [-0.05, 0) is 45.2 Å². The lowest BCUT2D eigenvalue weighted by molar-refractivity contribution is 0.0324. The fraction of sp³-hybridized carbons (Fsp3) is 1.00. The third kappa shape index (κ3) is 5.36. The number of piperidine rings is 1. The second-order valence-electron chi connectivity index (χ2n) is 5.49. The molecule has 0 aromatic heterocycles. The van der Waals surface area contributed by atoms with Crippen LogP contribution in [0.15, 0.2) is 0 Å². The second-order valence-corrected chi connectivity index (χ2v) is 5.49. The van der Waals surface area contributed by atoms with Gasteiger partial charge in [-0.2, -0.15) is 0 Å². The third-order valence-electron chi connectivity index (χ3n) is 3.88. The van der Waals surface area contributed by atoms with Crippen molar-refractivity contribution >= 4 is 0 Å². The summed E-state index contributed by atoms with van der Waals surface area (Å²) >= 11 is 0. The lowest BCUT2D eigenvalue weighted by Gasteiger charge is -2.27. The maximum Gasteiger partial charge on any atom is 0.0697 e. The Balaban J connectivity index is 1.51. The van der Waals surface area contributed by atoms with Crippen LogP contribution >= 0.6 is 0 Å². The molecule has 1 N–H and O–H groups in total. The number of nitrogens with zero attached hydrogens (tertiary/aromatic N) is 1. The predicted molar refractivity (Wildman–Crippen MR) is 71.3 cm³/mol. The van der Waals surface area contributed by atoms with Gasteiger partial charge in [-0.1, -0.05) is 13.3 Å². The summed E-state index contributed by atoms with van der Waals surface area (Å²) in [5, 5.41) is 3.56. The van der Waals surface area contributed by atoms with E-state index in [0.29, 0.717) is 6.10 Å². The Labute approximate surface area is 106 Å². The minimum atomic E-state index is 0.417. The Morgan fingerprint density at radius 2 is 2.00 bits per heavy atom. The summed E-state index contributed by atoms with van der Waals surface area (Å²) in [6, 6.07) is 0.801. The lowest BCUT2D eigenvalue weighted by Crippen LogP contribution is -2.35. The molecule has 17 heavy (non-hydrogen) atoms. The molecular weight excluding hydrogens is 212 g/mol. The number of nitrogens with one attached hydrogen (secondary N) is 1. The molecule has 1 saturated heterocycles. The van der Waals surface area contributed by atoms with E-state index < -0.39 is 0 Å². The average Bonchev–Trinajstić information content (AvgIpc) is 3.19. The second kappa shape index (κ2) is 7.34. The highest BCUT2D eigenvalue weighted by atomic mass is 16.5. The van der Waals surface area contributed by atoms with E-state index in [4.69, 9.17) is 4.74 Å². The van der Waals surface area contributed by atoms with Gasteiger partial charge in [-0.25, -0.2) is 0 Å². The molecule has 1 saturated carbocycles. The Kier molecular flexibility index (Phi) is 5.75. The molecule has 2 rings (SSSR count). The van der Waals surface area contributed by atoms with Gasteiger partial charge in [-0.15, -0.1) is 0 Å². The van der Waals surface area contributed by atoms with Crippen LogP contribution < -0.4 is 5.32 Å². The van der Waals surface area contributed by atoms with Crippen molar-refractivity contribution in [3.63, 3.8) is 0 Å². The van der Waals surface area contributed by atoms with Gasteiger partial charge in [0, 0.05) is 19.1 Å². The standard InChI is InChI=1S/C14H28N2O/c1-2-14(12-15-13-6-7-13)17-11-10-16-8-4-3-5-9-16/h13-15H,2-12H2,1H3. The Bertz CT molecular complexity index is 200. The van der Waals surface area contributed by atoms with E-state index in [-0.39, 0.29) is 0 Å². The zero-order valence-electron chi connectivity index (χ0n) is 11.3. The summed E-state index contributed by atoms with van der Waals surface area (Å²) < 4.78 is 5.97. The summed E-state index contributed by atoms with van der Waals surface area (Å²) in [7, 11) is 0. The minimum Gasteiger partial charge on any atom is -0.376 e. The van der Waals surface area contributed by atoms with Crippen molar-refractivity contribution in [2.75, 3.05) is 32.8 Å². The molecule has 3 heteroatoms. The molecule has 1 aliphatic heterocycles. The molecule has 0 aromatic carbocycles. The van der Waals surface area contributed by atoms with Crippen LogP contribution in [0.25, 0.3) is 0 Å². The smallest absolute Gasteiger partial charge is 0.0697 e. The maximum absolute atomic E-state index is 5.97. The lowest BCUT2D eigenvalue weighted by atomic mass is 10.1. The van der Waals surface area contributed by atoms with Gasteiger partial charge in [-0.3, -0.25) is 0 Å². The first kappa shape index (κ1) is 13.3. The zero-order valence-corrected chi connectivity index (χ0v) is 11.3. The molecule has 0 spiro atoms. The van der Waals surface area contributed by atoms with Crippen LogP contribution in [0.2, 0.25) is 0 Å². The van der Waals surface area contributed by atoms with Crippen LogP contribution in [0, 0.1) is 0 Å². The first-order valence-corrected chi connectivity index (χ1v) is 7.46. The topological polar surface area (TPSA) is 24.5 Å². The predicted octanol–water partition coefficient (Wildman–Crippen LogP) is 2.02. The van der Waals surface area contributed by atoms with Crippen LogP contribution in [0.5, 0.6) is 0 Å². The van der Waals surface area contributed by atoms with Crippen molar-refractivity contribution in [1.29, 1.82) is 0 Å². The van der Waals surface area contributed by atoms with Crippen LogP contribution in [0.1, 0.15) is 45.4 Å². The van der Waals surface area contributed by atoms with Crippen LogP contribution in [-0.4, -0.2) is 49.8 Å². The van der Waals surface area contributed by atoms with Crippen molar-refractivity contribution in [3.8, 4) is 0 Å². The molecule has 2 aliphatic rings. The quantitative estimate of drug-likeness (QED) is 0.702. The largest absolute Gasteiger partial charge is 0.376 e. The highest BCUT2D eigenvalue weighted by Gasteiger charge is 2.21. The Hall–Kier alpha value is -0.120. The normalized spacial score (nSPS) is 23.8. The van der Waals surface area contributed by atoms with Crippen LogP contribution in [0.4, 0.5) is 0 Å². The van der Waals surface area contributed by atoms with Crippen molar-refractivity contribution in [1.82, 2.24) is 10.2 Å².